The van der Waals surface area contributed by atoms with Crippen LogP contribution >= 0.6 is 11.8 Å². The summed E-state index contributed by atoms with van der Waals surface area (Å²) in [5.41, 5.74) is 2.48. The highest BCUT2D eigenvalue weighted by atomic mass is 32.2. The molecule has 3 aliphatic rings. The lowest BCUT2D eigenvalue weighted by Gasteiger charge is -2.36. The molecule has 0 radical (unpaired) electrons. The number of β-lactam (4-membered cyclic amide) rings is 1. The molecule has 2 amide bonds. The molecule has 11 heteroatoms. The van der Waals surface area contributed by atoms with Crippen LogP contribution in [0.15, 0.2) is 27.2 Å². The number of fused-ring (bicyclic) bond motifs is 4. The van der Waals surface area contributed by atoms with Gasteiger partial charge >= 0.3 is 12.1 Å². The van der Waals surface area contributed by atoms with Crippen LogP contribution in [0.5, 0.6) is 0 Å². The third-order valence-corrected chi connectivity index (χ3v) is 6.12. The number of amides is 2. The zero-order valence-corrected chi connectivity index (χ0v) is 16.1. The number of ether oxygens (including phenoxy) is 1. The maximum atomic E-state index is 12.3. The Bertz CT molecular complexity index is 1130. The van der Waals surface area contributed by atoms with Crippen molar-refractivity contribution in [3.05, 3.63) is 39.9 Å². The van der Waals surface area contributed by atoms with E-state index in [-0.39, 0.29) is 23.1 Å². The van der Waals surface area contributed by atoms with E-state index in [0.717, 1.165) is 5.69 Å². The van der Waals surface area contributed by atoms with Crippen molar-refractivity contribution in [2.75, 3.05) is 13.2 Å². The van der Waals surface area contributed by atoms with Crippen molar-refractivity contribution >= 4 is 41.5 Å². The minimum atomic E-state index is -1.12. The third-order valence-electron chi connectivity index (χ3n) is 5.04. The second-order valence-corrected chi connectivity index (χ2v) is 7.69. The Kier molecular flexibility index (Phi) is 3.95. The van der Waals surface area contributed by atoms with Crippen molar-refractivity contribution in [2.24, 2.45) is 0 Å². The average molecular weight is 416 g/mol. The second kappa shape index (κ2) is 6.41. The molecule has 1 atom stereocenters. The number of oxazole rings is 1. The topological polar surface area (TPSA) is 118 Å². The Balaban J connectivity index is 1.38. The largest absolute Gasteiger partial charge is 0.477 e. The summed E-state index contributed by atoms with van der Waals surface area (Å²) in [6.07, 6.45) is 1.88. The van der Waals surface area contributed by atoms with Gasteiger partial charge in [-0.15, -0.1) is 11.8 Å². The molecule has 1 saturated heterocycles. The molecule has 0 aromatic carbocycles. The zero-order valence-electron chi connectivity index (χ0n) is 15.3. The van der Waals surface area contributed by atoms with Crippen LogP contribution in [0.25, 0.3) is 11.8 Å². The normalized spacial score (nSPS) is 21.8. The first-order chi connectivity index (χ1) is 14.0. The SMILES string of the molecule is CCOC(=O)N1CCc2c(oc3cc(/C=C4/C(=O)N5C(C(=O)O)=CS[C@H]45)nn23)C1. The first-order valence-electron chi connectivity index (χ1n) is 9.04. The summed E-state index contributed by atoms with van der Waals surface area (Å²) in [6, 6.07) is 1.72. The van der Waals surface area contributed by atoms with Gasteiger partial charge in [0.05, 0.1) is 30.1 Å². The van der Waals surface area contributed by atoms with Gasteiger partial charge in [0, 0.05) is 24.4 Å². The van der Waals surface area contributed by atoms with Crippen molar-refractivity contribution in [1.82, 2.24) is 19.4 Å². The van der Waals surface area contributed by atoms with Gasteiger partial charge in [-0.1, -0.05) is 0 Å². The fraction of sp³-hybridized carbons (Fsp3) is 0.333. The van der Waals surface area contributed by atoms with Crippen LogP contribution in [0.1, 0.15) is 24.1 Å². The monoisotopic (exact) mass is 416 g/mol. The van der Waals surface area contributed by atoms with Crippen molar-refractivity contribution in [2.45, 2.75) is 25.3 Å². The molecule has 5 rings (SSSR count). The molecule has 0 saturated carbocycles. The molecule has 5 heterocycles. The number of carbonyl (C=O) groups excluding carboxylic acids is 2. The number of carboxylic acid groups (broad SMARTS) is 1. The number of aliphatic carboxylic acids is 1. The number of rotatable bonds is 3. The van der Waals surface area contributed by atoms with E-state index < -0.39 is 5.97 Å². The summed E-state index contributed by atoms with van der Waals surface area (Å²) in [5, 5.41) is 14.8. The van der Waals surface area contributed by atoms with E-state index in [4.69, 9.17) is 14.3 Å². The Labute approximate surface area is 168 Å². The van der Waals surface area contributed by atoms with Crippen LogP contribution in [-0.4, -0.2) is 61.0 Å². The maximum absolute atomic E-state index is 12.3. The van der Waals surface area contributed by atoms with Gasteiger partial charge < -0.3 is 19.2 Å². The summed E-state index contributed by atoms with van der Waals surface area (Å²) in [4.78, 5) is 38.3. The minimum absolute atomic E-state index is 0.000903. The minimum Gasteiger partial charge on any atom is -0.477 e. The number of nitrogens with zero attached hydrogens (tertiary/aromatic N) is 4. The zero-order chi connectivity index (χ0) is 20.3. The van der Waals surface area contributed by atoms with Gasteiger partial charge in [0.25, 0.3) is 5.91 Å². The Hall–Kier alpha value is -3.21. The quantitative estimate of drug-likeness (QED) is 0.593. The van der Waals surface area contributed by atoms with Gasteiger partial charge in [-0.25, -0.2) is 14.1 Å². The third kappa shape index (κ3) is 2.64. The van der Waals surface area contributed by atoms with Gasteiger partial charge in [-0.3, -0.25) is 9.69 Å². The molecule has 0 aliphatic carbocycles. The van der Waals surface area contributed by atoms with E-state index in [1.165, 1.54) is 22.1 Å². The Morgan fingerprint density at radius 2 is 2.31 bits per heavy atom. The summed E-state index contributed by atoms with van der Waals surface area (Å²) < 4.78 is 12.6. The number of hydrogen-bond donors (Lipinski definition) is 1. The fourth-order valence-electron chi connectivity index (χ4n) is 3.68. The summed E-state index contributed by atoms with van der Waals surface area (Å²) in [5.74, 6) is -0.778. The molecule has 150 valence electrons. The number of aromatic nitrogens is 2. The molecule has 1 fully saturated rings. The molecule has 0 unspecified atom stereocenters. The highest BCUT2D eigenvalue weighted by molar-refractivity contribution is 8.03. The second-order valence-electron chi connectivity index (χ2n) is 6.73. The van der Waals surface area contributed by atoms with Gasteiger partial charge in [0.2, 0.25) is 5.71 Å². The molecular formula is C18H16N4O6S. The number of thioether (sulfide) groups is 1. The van der Waals surface area contributed by atoms with Gasteiger partial charge in [-0.05, 0) is 13.0 Å². The number of hydrogen-bond acceptors (Lipinski definition) is 7. The van der Waals surface area contributed by atoms with E-state index >= 15 is 0 Å². The average Bonchev–Trinajstić information content (AvgIpc) is 3.36. The molecule has 10 nitrogen and oxygen atoms in total. The van der Waals surface area contributed by atoms with E-state index in [0.29, 0.717) is 48.9 Å². The van der Waals surface area contributed by atoms with Crippen molar-refractivity contribution in [3.8, 4) is 0 Å². The van der Waals surface area contributed by atoms with Crippen molar-refractivity contribution < 1.29 is 28.6 Å². The van der Waals surface area contributed by atoms with Crippen molar-refractivity contribution in [1.29, 1.82) is 0 Å². The van der Waals surface area contributed by atoms with Gasteiger partial charge in [-0.2, -0.15) is 5.10 Å². The van der Waals surface area contributed by atoms with Crippen LogP contribution in [0.3, 0.4) is 0 Å². The lowest BCUT2D eigenvalue weighted by atomic mass is 10.0. The molecule has 1 N–H and O–H groups in total. The van der Waals surface area contributed by atoms with E-state index in [9.17, 15) is 14.4 Å². The molecule has 2 aromatic heterocycles. The van der Waals surface area contributed by atoms with Crippen LogP contribution < -0.4 is 0 Å². The maximum Gasteiger partial charge on any atom is 0.410 e. The van der Waals surface area contributed by atoms with Crippen LogP contribution in [0, 0.1) is 0 Å². The molecule has 0 bridgehead atoms. The fourth-order valence-corrected chi connectivity index (χ4v) is 4.80. The van der Waals surface area contributed by atoms with Gasteiger partial charge in [0.1, 0.15) is 16.8 Å². The van der Waals surface area contributed by atoms with E-state index in [1.54, 1.807) is 28.5 Å². The molecule has 3 aliphatic heterocycles. The molecule has 29 heavy (non-hydrogen) atoms. The smallest absolute Gasteiger partial charge is 0.410 e. The predicted octanol–water partition coefficient (Wildman–Crippen LogP) is 1.67. The molecular weight excluding hydrogens is 400 g/mol. The predicted molar refractivity (Wildman–Crippen MR) is 101 cm³/mol. The Morgan fingerprint density at radius 1 is 1.48 bits per heavy atom. The van der Waals surface area contributed by atoms with Crippen LogP contribution in [0.2, 0.25) is 0 Å². The summed E-state index contributed by atoms with van der Waals surface area (Å²) >= 11 is 1.28. The number of carboxylic acids is 1. The van der Waals surface area contributed by atoms with Gasteiger partial charge in [0.15, 0.2) is 0 Å². The highest BCUT2D eigenvalue weighted by Crippen LogP contribution is 2.45. The Morgan fingerprint density at radius 3 is 3.07 bits per heavy atom. The highest BCUT2D eigenvalue weighted by Gasteiger charge is 2.49. The molecule has 0 spiro atoms. The van der Waals surface area contributed by atoms with Crippen LogP contribution in [0.4, 0.5) is 4.79 Å². The van der Waals surface area contributed by atoms with Crippen molar-refractivity contribution in [3.63, 3.8) is 0 Å². The molecule has 2 aromatic rings. The van der Waals surface area contributed by atoms with Crippen LogP contribution in [-0.2, 0) is 27.3 Å². The summed E-state index contributed by atoms with van der Waals surface area (Å²) in [6.45, 7) is 2.91. The van der Waals surface area contributed by atoms with E-state index in [1.807, 2.05) is 0 Å². The number of carbonyl (C=O) groups is 3. The lowest BCUT2D eigenvalue weighted by molar-refractivity contribution is -0.141. The first-order valence-corrected chi connectivity index (χ1v) is 9.98. The summed E-state index contributed by atoms with van der Waals surface area (Å²) in [7, 11) is 0. The van der Waals surface area contributed by atoms with E-state index in [2.05, 4.69) is 5.10 Å². The lowest BCUT2D eigenvalue weighted by Crippen LogP contribution is -2.51. The standard InChI is InChI=1S/C18H16N4O6S/c1-2-27-18(26)20-4-3-11-13(7-20)28-14-6-9(19-22(11)14)5-10-15(23)21-12(17(24)25)8-29-16(10)21/h5-6,8,16H,2-4,7H2,1H3,(H,24,25)/b10-5-/t16-/m1/s1. The first kappa shape index (κ1) is 17.9.